The van der Waals surface area contributed by atoms with Gasteiger partial charge in [-0.2, -0.15) is 13.2 Å². The lowest BCUT2D eigenvalue weighted by Crippen LogP contribution is -2.23. The van der Waals surface area contributed by atoms with E-state index in [1.165, 1.54) is 36.4 Å². The van der Waals surface area contributed by atoms with Crippen molar-refractivity contribution >= 4 is 5.91 Å². The van der Waals surface area contributed by atoms with E-state index in [-0.39, 0.29) is 17.9 Å². The molecule has 0 unspecified atom stereocenters. The maximum Gasteiger partial charge on any atom is 0.418 e. The van der Waals surface area contributed by atoms with Crippen LogP contribution < -0.4 is 5.32 Å². The third-order valence-electron chi connectivity index (χ3n) is 3.52. The zero-order valence-electron chi connectivity index (χ0n) is 13.2. The van der Waals surface area contributed by atoms with Crippen LogP contribution in [0.25, 0.3) is 5.69 Å². The Morgan fingerprint density at radius 3 is 2.62 bits per heavy atom. The molecule has 0 saturated heterocycles. The average molecular weight is 364 g/mol. The normalized spacial score (nSPS) is 11.4. The minimum atomic E-state index is -4.57. The number of nitrogens with one attached hydrogen (secondary N) is 1. The maximum absolute atomic E-state index is 13.1. The molecule has 0 aliphatic carbocycles. The summed E-state index contributed by atoms with van der Waals surface area (Å²) in [6.45, 7) is 0.0442. The summed E-state index contributed by atoms with van der Waals surface area (Å²) in [5, 5.41) is 9.71. The molecule has 0 saturated carbocycles. The van der Waals surface area contributed by atoms with Gasteiger partial charge < -0.3 is 5.32 Å². The Bertz CT molecular complexity index is 936. The summed E-state index contributed by atoms with van der Waals surface area (Å²) in [7, 11) is 0. The van der Waals surface area contributed by atoms with Crippen LogP contribution in [-0.4, -0.2) is 20.9 Å². The van der Waals surface area contributed by atoms with Crippen molar-refractivity contribution in [3.63, 3.8) is 0 Å². The second kappa shape index (κ2) is 6.95. The summed E-state index contributed by atoms with van der Waals surface area (Å²) in [5.74, 6) is -1.07. The van der Waals surface area contributed by atoms with Crippen molar-refractivity contribution in [3.8, 4) is 5.69 Å². The number of carbonyl (C=O) groups is 1. The molecule has 0 aliphatic rings. The van der Waals surface area contributed by atoms with E-state index in [0.717, 1.165) is 16.9 Å². The Morgan fingerprint density at radius 1 is 1.12 bits per heavy atom. The molecule has 1 aromatic heterocycles. The second-order valence-corrected chi connectivity index (χ2v) is 5.38. The van der Waals surface area contributed by atoms with Crippen LogP contribution in [-0.2, 0) is 12.7 Å². The summed E-state index contributed by atoms with van der Waals surface area (Å²) in [6, 6.07) is 10.5. The molecule has 134 valence electrons. The van der Waals surface area contributed by atoms with Crippen molar-refractivity contribution in [2.45, 2.75) is 12.7 Å². The maximum atomic E-state index is 13.1. The van der Waals surface area contributed by atoms with Crippen molar-refractivity contribution in [1.82, 2.24) is 20.3 Å². The number of amides is 1. The minimum Gasteiger partial charge on any atom is -0.347 e. The number of aromatic nitrogens is 3. The number of carbonyl (C=O) groups excluding carboxylic acids is 1. The first-order valence-electron chi connectivity index (χ1n) is 7.46. The van der Waals surface area contributed by atoms with Gasteiger partial charge in [0.15, 0.2) is 5.69 Å². The Balaban J connectivity index is 1.77. The number of nitrogens with zero attached hydrogens (tertiary/aromatic N) is 3. The van der Waals surface area contributed by atoms with Gasteiger partial charge in [0, 0.05) is 6.54 Å². The van der Waals surface area contributed by atoms with Gasteiger partial charge in [-0.1, -0.05) is 29.5 Å². The average Bonchev–Trinajstić information content (AvgIpc) is 3.09. The number of rotatable bonds is 4. The predicted octanol–water partition coefficient (Wildman–Crippen LogP) is 3.36. The van der Waals surface area contributed by atoms with Crippen molar-refractivity contribution in [2.75, 3.05) is 0 Å². The summed E-state index contributed by atoms with van der Waals surface area (Å²) in [5.41, 5.74) is -0.750. The molecule has 0 radical (unpaired) electrons. The fourth-order valence-corrected chi connectivity index (χ4v) is 2.32. The van der Waals surface area contributed by atoms with E-state index in [9.17, 15) is 22.4 Å². The fraction of sp³-hybridized carbons (Fsp3) is 0.118. The molecule has 26 heavy (non-hydrogen) atoms. The molecule has 2 aromatic carbocycles. The topological polar surface area (TPSA) is 59.8 Å². The van der Waals surface area contributed by atoms with Gasteiger partial charge in [0.25, 0.3) is 5.91 Å². The first kappa shape index (κ1) is 17.6. The van der Waals surface area contributed by atoms with Gasteiger partial charge >= 0.3 is 6.18 Å². The van der Waals surface area contributed by atoms with Crippen LogP contribution in [0.2, 0.25) is 0 Å². The van der Waals surface area contributed by atoms with E-state index in [4.69, 9.17) is 0 Å². The highest BCUT2D eigenvalue weighted by Crippen LogP contribution is 2.33. The van der Waals surface area contributed by atoms with Crippen LogP contribution in [0, 0.1) is 5.82 Å². The van der Waals surface area contributed by atoms with Gasteiger partial charge in [0.05, 0.1) is 17.4 Å². The molecule has 3 aromatic rings. The van der Waals surface area contributed by atoms with Gasteiger partial charge in [0.2, 0.25) is 0 Å². The van der Waals surface area contributed by atoms with Gasteiger partial charge in [-0.15, -0.1) is 5.10 Å². The summed E-state index contributed by atoms with van der Waals surface area (Å²) >= 11 is 0. The Hall–Kier alpha value is -3.23. The monoisotopic (exact) mass is 364 g/mol. The van der Waals surface area contributed by atoms with Gasteiger partial charge in [-0.3, -0.25) is 4.79 Å². The smallest absolute Gasteiger partial charge is 0.347 e. The molecule has 1 heterocycles. The molecule has 5 nitrogen and oxygen atoms in total. The van der Waals surface area contributed by atoms with Crippen molar-refractivity contribution in [1.29, 1.82) is 0 Å². The van der Waals surface area contributed by atoms with Crippen LogP contribution in [0.3, 0.4) is 0 Å². The molecule has 9 heteroatoms. The van der Waals surface area contributed by atoms with E-state index in [0.29, 0.717) is 5.56 Å². The SMILES string of the molecule is O=C(NCc1cccc(F)c1)c1cn(-c2ccccc2C(F)(F)F)nn1. The number of para-hydroxylation sites is 1. The first-order valence-corrected chi connectivity index (χ1v) is 7.46. The molecule has 0 spiro atoms. The lowest BCUT2D eigenvalue weighted by molar-refractivity contribution is -0.137. The van der Waals surface area contributed by atoms with Gasteiger partial charge in [0.1, 0.15) is 5.82 Å². The highest BCUT2D eigenvalue weighted by atomic mass is 19.4. The van der Waals surface area contributed by atoms with Crippen LogP contribution in [0.15, 0.2) is 54.7 Å². The molecule has 0 bridgehead atoms. The molecule has 1 N–H and O–H groups in total. The van der Waals surface area contributed by atoms with Crippen molar-refractivity contribution in [2.24, 2.45) is 0 Å². The summed E-state index contributed by atoms with van der Waals surface area (Å²) < 4.78 is 53.2. The van der Waals surface area contributed by atoms with Gasteiger partial charge in [-0.25, -0.2) is 9.07 Å². The van der Waals surface area contributed by atoms with Crippen LogP contribution in [0.5, 0.6) is 0 Å². The number of halogens is 4. The number of hydrogen-bond donors (Lipinski definition) is 1. The number of hydrogen-bond acceptors (Lipinski definition) is 3. The number of alkyl halides is 3. The van der Waals surface area contributed by atoms with Crippen molar-refractivity contribution in [3.05, 3.63) is 77.4 Å². The molecular formula is C17H12F4N4O. The Labute approximate surface area is 145 Å². The fourth-order valence-electron chi connectivity index (χ4n) is 2.32. The van der Waals surface area contributed by atoms with E-state index in [1.807, 2.05) is 0 Å². The van der Waals surface area contributed by atoms with Crippen LogP contribution >= 0.6 is 0 Å². The van der Waals surface area contributed by atoms with Crippen molar-refractivity contribution < 1.29 is 22.4 Å². The highest BCUT2D eigenvalue weighted by molar-refractivity contribution is 5.91. The lowest BCUT2D eigenvalue weighted by Gasteiger charge is -2.11. The lowest BCUT2D eigenvalue weighted by atomic mass is 10.1. The highest BCUT2D eigenvalue weighted by Gasteiger charge is 2.34. The van der Waals surface area contributed by atoms with E-state index in [1.54, 1.807) is 6.07 Å². The van der Waals surface area contributed by atoms with Crippen LogP contribution in [0.1, 0.15) is 21.6 Å². The third kappa shape index (κ3) is 3.88. The molecule has 1 amide bonds. The Morgan fingerprint density at radius 2 is 1.88 bits per heavy atom. The van der Waals surface area contributed by atoms with Crippen LogP contribution in [0.4, 0.5) is 17.6 Å². The van der Waals surface area contributed by atoms with Gasteiger partial charge in [-0.05, 0) is 29.8 Å². The molecule has 0 atom stereocenters. The molecule has 0 aliphatic heterocycles. The summed E-state index contributed by atoms with van der Waals surface area (Å²) in [6.07, 6.45) is -3.46. The quantitative estimate of drug-likeness (QED) is 0.723. The largest absolute Gasteiger partial charge is 0.418 e. The zero-order chi connectivity index (χ0) is 18.7. The van der Waals surface area contributed by atoms with E-state index < -0.39 is 23.5 Å². The van der Waals surface area contributed by atoms with E-state index in [2.05, 4.69) is 15.6 Å². The minimum absolute atomic E-state index is 0.0442. The molecular weight excluding hydrogens is 352 g/mol. The predicted molar refractivity (Wildman–Crippen MR) is 83.9 cm³/mol. The van der Waals surface area contributed by atoms with E-state index >= 15 is 0 Å². The standard InChI is InChI=1S/C17H12F4N4O/c18-12-5-3-4-11(8-12)9-22-16(26)14-10-25(24-23-14)15-7-2-1-6-13(15)17(19,20)21/h1-8,10H,9H2,(H,22,26). The summed E-state index contributed by atoms with van der Waals surface area (Å²) in [4.78, 5) is 12.1. The second-order valence-electron chi connectivity index (χ2n) is 5.38. The molecule has 3 rings (SSSR count). The molecule has 0 fully saturated rings. The number of benzene rings is 2. The third-order valence-corrected chi connectivity index (χ3v) is 3.52. The first-order chi connectivity index (χ1) is 12.3. The zero-order valence-corrected chi connectivity index (χ0v) is 13.2. The Kier molecular flexibility index (Phi) is 4.70.